The second-order valence-electron chi connectivity index (χ2n) is 2.89. The van der Waals surface area contributed by atoms with Crippen LogP contribution in [-0.4, -0.2) is 12.6 Å². The molecular weight excluding hydrogens is 242 g/mol. The summed E-state index contributed by atoms with van der Waals surface area (Å²) in [6, 6.07) is 4.71. The van der Waals surface area contributed by atoms with Crippen LogP contribution in [-0.2, 0) is 4.79 Å². The average molecular weight is 251 g/mol. The molecule has 5 heteroatoms. The highest BCUT2D eigenvalue weighted by Crippen LogP contribution is 2.35. The van der Waals surface area contributed by atoms with E-state index in [1.807, 2.05) is 0 Å². The van der Waals surface area contributed by atoms with Crippen LogP contribution in [0.25, 0.3) is 0 Å². The highest BCUT2D eigenvalue weighted by molar-refractivity contribution is 6.36. The summed E-state index contributed by atoms with van der Waals surface area (Å²) in [5.41, 5.74) is 0.428. The number of ketones is 1. The average Bonchev–Trinajstić information content (AvgIpc) is 2.20. The monoisotopic (exact) mass is 250 g/mol. The molecule has 0 spiro atoms. The zero-order valence-electron chi connectivity index (χ0n) is 7.97. The summed E-state index contributed by atoms with van der Waals surface area (Å²) in [7, 11) is 0. The van der Waals surface area contributed by atoms with Crippen molar-refractivity contribution in [2.75, 3.05) is 6.86 Å². The van der Waals surface area contributed by atoms with E-state index in [9.17, 15) is 9.18 Å². The summed E-state index contributed by atoms with van der Waals surface area (Å²) in [5.74, 6) is -0.0421. The Labute approximate surface area is 96.9 Å². The molecule has 82 valence electrons. The molecule has 0 aliphatic rings. The van der Waals surface area contributed by atoms with E-state index < -0.39 is 12.2 Å². The first kappa shape index (κ1) is 12.3. The second kappa shape index (κ2) is 5.33. The van der Waals surface area contributed by atoms with Gasteiger partial charge in [0.05, 0.1) is 5.02 Å². The number of carbonyl (C=O) groups is 1. The minimum absolute atomic E-state index is 0.172. The van der Waals surface area contributed by atoms with Crippen molar-refractivity contribution in [2.24, 2.45) is 0 Å². The van der Waals surface area contributed by atoms with Crippen LogP contribution in [0.1, 0.15) is 17.9 Å². The molecule has 0 saturated carbocycles. The normalized spacial score (nSPS) is 12.3. The Kier molecular flexibility index (Phi) is 4.36. The first-order chi connectivity index (χ1) is 7.07. The lowest BCUT2D eigenvalue weighted by Gasteiger charge is -2.11. The maximum absolute atomic E-state index is 12.0. The van der Waals surface area contributed by atoms with E-state index in [1.54, 1.807) is 12.1 Å². The van der Waals surface area contributed by atoms with E-state index >= 15 is 0 Å². The SMILES string of the molecule is CC(=O)C(Cl)c1cccc(OCF)c1Cl. The minimum atomic E-state index is -0.976. The summed E-state index contributed by atoms with van der Waals surface area (Å²) in [5, 5.41) is -0.661. The molecule has 0 saturated heterocycles. The number of hydrogen-bond donors (Lipinski definition) is 0. The lowest BCUT2D eigenvalue weighted by Crippen LogP contribution is -2.03. The van der Waals surface area contributed by atoms with Crippen molar-refractivity contribution < 1.29 is 13.9 Å². The molecule has 0 heterocycles. The molecule has 0 N–H and O–H groups in total. The van der Waals surface area contributed by atoms with E-state index in [0.29, 0.717) is 5.56 Å². The molecule has 1 aromatic carbocycles. The van der Waals surface area contributed by atoms with E-state index in [-0.39, 0.29) is 16.6 Å². The van der Waals surface area contributed by atoms with Gasteiger partial charge in [-0.15, -0.1) is 11.6 Å². The number of alkyl halides is 2. The van der Waals surface area contributed by atoms with Gasteiger partial charge in [-0.3, -0.25) is 4.79 Å². The summed E-state index contributed by atoms with van der Waals surface area (Å²) in [6.45, 7) is 0.382. The van der Waals surface area contributed by atoms with Crippen LogP contribution < -0.4 is 4.74 Å². The van der Waals surface area contributed by atoms with Gasteiger partial charge in [-0.1, -0.05) is 23.7 Å². The van der Waals surface area contributed by atoms with Crippen LogP contribution in [0.4, 0.5) is 4.39 Å². The Balaban J connectivity index is 3.08. The fourth-order valence-electron chi connectivity index (χ4n) is 1.11. The van der Waals surface area contributed by atoms with E-state index in [0.717, 1.165) is 0 Å². The van der Waals surface area contributed by atoms with Crippen LogP contribution in [0.15, 0.2) is 18.2 Å². The summed E-state index contributed by atoms with van der Waals surface area (Å²) >= 11 is 11.7. The van der Waals surface area contributed by atoms with Gasteiger partial charge in [0, 0.05) is 0 Å². The highest BCUT2D eigenvalue weighted by atomic mass is 35.5. The Morgan fingerprint density at radius 1 is 1.60 bits per heavy atom. The third-order valence-electron chi connectivity index (χ3n) is 1.83. The van der Waals surface area contributed by atoms with E-state index in [1.165, 1.54) is 13.0 Å². The fourth-order valence-corrected chi connectivity index (χ4v) is 1.64. The van der Waals surface area contributed by atoms with Gasteiger partial charge in [0.25, 0.3) is 0 Å². The number of hydrogen-bond acceptors (Lipinski definition) is 2. The van der Waals surface area contributed by atoms with Crippen LogP contribution in [0.5, 0.6) is 5.75 Å². The third kappa shape index (κ3) is 2.83. The zero-order valence-corrected chi connectivity index (χ0v) is 9.48. The molecule has 15 heavy (non-hydrogen) atoms. The molecule has 1 unspecified atom stereocenters. The third-order valence-corrected chi connectivity index (χ3v) is 2.78. The first-order valence-corrected chi connectivity index (χ1v) is 5.01. The molecule has 0 amide bonds. The summed E-state index contributed by atoms with van der Waals surface area (Å²) < 4.78 is 16.6. The highest BCUT2D eigenvalue weighted by Gasteiger charge is 2.18. The summed E-state index contributed by atoms with van der Waals surface area (Å²) in [6.07, 6.45) is 0. The number of rotatable bonds is 4. The van der Waals surface area contributed by atoms with Gasteiger partial charge in [0.15, 0.2) is 5.78 Å². The molecule has 1 rings (SSSR count). The molecule has 2 nitrogen and oxygen atoms in total. The van der Waals surface area contributed by atoms with Gasteiger partial charge in [-0.2, -0.15) is 0 Å². The minimum Gasteiger partial charge on any atom is -0.461 e. The molecular formula is C10H9Cl2FO2. The molecule has 0 fully saturated rings. The second-order valence-corrected chi connectivity index (χ2v) is 3.70. The number of ether oxygens (including phenoxy) is 1. The maximum Gasteiger partial charge on any atom is 0.228 e. The van der Waals surface area contributed by atoms with Crippen LogP contribution in [0.3, 0.4) is 0 Å². The molecule has 0 aromatic heterocycles. The van der Waals surface area contributed by atoms with Crippen molar-refractivity contribution in [1.82, 2.24) is 0 Å². The largest absolute Gasteiger partial charge is 0.461 e. The van der Waals surface area contributed by atoms with Gasteiger partial charge < -0.3 is 4.74 Å². The van der Waals surface area contributed by atoms with Gasteiger partial charge in [-0.05, 0) is 18.6 Å². The Hall–Kier alpha value is -0.800. The lowest BCUT2D eigenvalue weighted by molar-refractivity contribution is -0.116. The van der Waals surface area contributed by atoms with Crippen molar-refractivity contribution in [3.05, 3.63) is 28.8 Å². The van der Waals surface area contributed by atoms with Gasteiger partial charge >= 0.3 is 0 Å². The zero-order chi connectivity index (χ0) is 11.4. The van der Waals surface area contributed by atoms with Crippen molar-refractivity contribution >= 4 is 29.0 Å². The molecule has 0 aliphatic heterocycles. The van der Waals surface area contributed by atoms with Crippen LogP contribution in [0, 0.1) is 0 Å². The standard InChI is InChI=1S/C10H9Cl2FO2/c1-6(14)9(11)7-3-2-4-8(10(7)12)15-5-13/h2-4,9H,5H2,1H3. The maximum atomic E-state index is 12.0. The van der Waals surface area contributed by atoms with E-state index in [4.69, 9.17) is 23.2 Å². The quantitative estimate of drug-likeness (QED) is 0.765. The molecule has 1 aromatic rings. The van der Waals surface area contributed by atoms with Gasteiger partial charge in [-0.25, -0.2) is 4.39 Å². The fraction of sp³-hybridized carbons (Fsp3) is 0.300. The number of halogens is 3. The lowest BCUT2D eigenvalue weighted by atomic mass is 10.1. The summed E-state index contributed by atoms with van der Waals surface area (Å²) in [4.78, 5) is 11.1. The smallest absolute Gasteiger partial charge is 0.228 e. The predicted octanol–water partition coefficient (Wildman–Crippen LogP) is 3.51. The molecule has 0 aliphatic carbocycles. The number of benzene rings is 1. The number of carbonyl (C=O) groups excluding carboxylic acids is 1. The van der Waals surface area contributed by atoms with Gasteiger partial charge in [0.1, 0.15) is 11.1 Å². The Bertz CT molecular complexity index is 368. The van der Waals surface area contributed by atoms with E-state index in [2.05, 4.69) is 4.74 Å². The predicted molar refractivity (Wildman–Crippen MR) is 57.3 cm³/mol. The molecule has 1 atom stereocenters. The van der Waals surface area contributed by atoms with Crippen molar-refractivity contribution in [3.8, 4) is 5.75 Å². The molecule has 0 bridgehead atoms. The Morgan fingerprint density at radius 3 is 2.80 bits per heavy atom. The van der Waals surface area contributed by atoms with Crippen molar-refractivity contribution in [2.45, 2.75) is 12.3 Å². The van der Waals surface area contributed by atoms with Gasteiger partial charge in [0.2, 0.25) is 6.86 Å². The molecule has 0 radical (unpaired) electrons. The number of Topliss-reactive ketones (excluding diaryl/α,β-unsaturated/α-hetero) is 1. The topological polar surface area (TPSA) is 26.3 Å². The first-order valence-electron chi connectivity index (χ1n) is 4.19. The van der Waals surface area contributed by atoms with Crippen molar-refractivity contribution in [3.63, 3.8) is 0 Å². The van der Waals surface area contributed by atoms with Crippen molar-refractivity contribution in [1.29, 1.82) is 0 Å². The van der Waals surface area contributed by atoms with Crippen LogP contribution >= 0.6 is 23.2 Å². The van der Waals surface area contributed by atoms with Crippen LogP contribution in [0.2, 0.25) is 5.02 Å². The Morgan fingerprint density at radius 2 is 2.27 bits per heavy atom.